The second kappa shape index (κ2) is 6.61. The first-order chi connectivity index (χ1) is 13.0. The van der Waals surface area contributed by atoms with E-state index in [-0.39, 0.29) is 5.56 Å². The van der Waals surface area contributed by atoms with Gasteiger partial charge in [-0.2, -0.15) is 0 Å². The molecule has 0 aliphatic carbocycles. The van der Waals surface area contributed by atoms with Gasteiger partial charge in [0.25, 0.3) is 5.56 Å². The maximum absolute atomic E-state index is 13.3. The van der Waals surface area contributed by atoms with E-state index in [0.717, 1.165) is 17.5 Å². The van der Waals surface area contributed by atoms with Gasteiger partial charge in [-0.15, -0.1) is 6.58 Å². The van der Waals surface area contributed by atoms with Gasteiger partial charge >= 0.3 is 0 Å². The summed E-state index contributed by atoms with van der Waals surface area (Å²) in [7, 11) is 0. The van der Waals surface area contributed by atoms with Gasteiger partial charge in [-0.05, 0) is 31.4 Å². The van der Waals surface area contributed by atoms with Crippen LogP contribution in [0.1, 0.15) is 26.1 Å². The summed E-state index contributed by atoms with van der Waals surface area (Å²) < 4.78 is 3.69. The van der Waals surface area contributed by atoms with Gasteiger partial charge in [0.2, 0.25) is 0 Å². The Bertz CT molecular complexity index is 1230. The van der Waals surface area contributed by atoms with E-state index in [1.165, 1.54) is 0 Å². The smallest absolute Gasteiger partial charge is 0.265 e. The van der Waals surface area contributed by atoms with Crippen LogP contribution in [0.25, 0.3) is 33.2 Å². The van der Waals surface area contributed by atoms with E-state index in [9.17, 15) is 4.79 Å². The molecule has 4 rings (SSSR count). The lowest BCUT2D eigenvalue weighted by atomic mass is 10.1. The standard InChI is InChI=1S/C21H23N5O/c1-5-11-26-19-17(21(27)25(14(4)22-19)12-10-13(2)3)18-20(26)24-16-9-7-6-8-15(16)23-18/h5-9,13H,1,10-12H2,2-4H3. The van der Waals surface area contributed by atoms with Crippen molar-refractivity contribution < 1.29 is 0 Å². The van der Waals surface area contributed by atoms with Crippen LogP contribution >= 0.6 is 0 Å². The quantitative estimate of drug-likeness (QED) is 0.507. The van der Waals surface area contributed by atoms with Crippen molar-refractivity contribution in [3.63, 3.8) is 0 Å². The first kappa shape index (κ1) is 17.4. The van der Waals surface area contributed by atoms with Gasteiger partial charge in [0.15, 0.2) is 11.3 Å². The molecule has 6 heteroatoms. The van der Waals surface area contributed by atoms with Crippen molar-refractivity contribution in [2.75, 3.05) is 0 Å². The van der Waals surface area contributed by atoms with Gasteiger partial charge < -0.3 is 4.57 Å². The van der Waals surface area contributed by atoms with E-state index < -0.39 is 0 Å². The number of aromatic nitrogens is 5. The van der Waals surface area contributed by atoms with E-state index in [4.69, 9.17) is 15.0 Å². The van der Waals surface area contributed by atoms with Gasteiger partial charge in [0, 0.05) is 13.1 Å². The fourth-order valence-corrected chi connectivity index (χ4v) is 3.45. The molecule has 138 valence electrons. The van der Waals surface area contributed by atoms with E-state index in [1.807, 2.05) is 35.8 Å². The van der Waals surface area contributed by atoms with Crippen LogP contribution in [0.3, 0.4) is 0 Å². The minimum Gasteiger partial charge on any atom is -0.304 e. The third kappa shape index (κ3) is 2.81. The minimum atomic E-state index is -0.0458. The van der Waals surface area contributed by atoms with Crippen molar-refractivity contribution in [2.24, 2.45) is 5.92 Å². The second-order valence-corrected chi connectivity index (χ2v) is 7.28. The van der Waals surface area contributed by atoms with Crippen LogP contribution in [0.5, 0.6) is 0 Å². The molecule has 0 spiro atoms. The lowest BCUT2D eigenvalue weighted by Gasteiger charge is -2.11. The van der Waals surface area contributed by atoms with Crippen LogP contribution in [0.2, 0.25) is 0 Å². The van der Waals surface area contributed by atoms with Crippen LogP contribution in [-0.4, -0.2) is 24.1 Å². The Morgan fingerprint density at radius 2 is 1.78 bits per heavy atom. The van der Waals surface area contributed by atoms with Crippen molar-refractivity contribution >= 4 is 33.2 Å². The van der Waals surface area contributed by atoms with E-state index in [2.05, 4.69) is 20.4 Å². The molecule has 3 heterocycles. The number of fused-ring (bicyclic) bond motifs is 4. The first-order valence-corrected chi connectivity index (χ1v) is 9.28. The summed E-state index contributed by atoms with van der Waals surface area (Å²) in [6.45, 7) is 11.2. The highest BCUT2D eigenvalue weighted by molar-refractivity contribution is 6.04. The fraction of sp³-hybridized carbons (Fsp3) is 0.333. The summed E-state index contributed by atoms with van der Waals surface area (Å²) in [6.07, 6.45) is 2.71. The summed E-state index contributed by atoms with van der Waals surface area (Å²) in [6, 6.07) is 7.70. The number of rotatable bonds is 5. The van der Waals surface area contributed by atoms with Crippen molar-refractivity contribution in [2.45, 2.75) is 40.3 Å². The van der Waals surface area contributed by atoms with Gasteiger partial charge in [0.05, 0.1) is 11.0 Å². The third-order valence-corrected chi connectivity index (χ3v) is 4.88. The Morgan fingerprint density at radius 1 is 1.07 bits per heavy atom. The molecule has 0 N–H and O–H groups in total. The number of nitrogens with zero attached hydrogens (tertiary/aromatic N) is 5. The van der Waals surface area contributed by atoms with Crippen LogP contribution in [0, 0.1) is 12.8 Å². The van der Waals surface area contributed by atoms with E-state index in [1.54, 1.807) is 10.6 Å². The van der Waals surface area contributed by atoms with Crippen molar-refractivity contribution in [1.82, 2.24) is 24.1 Å². The molecule has 0 atom stereocenters. The predicted octanol–water partition coefficient (Wildman–Crippen LogP) is 3.83. The largest absolute Gasteiger partial charge is 0.304 e. The summed E-state index contributed by atoms with van der Waals surface area (Å²) in [4.78, 5) is 27.6. The molecular weight excluding hydrogens is 338 g/mol. The average Bonchev–Trinajstić information content (AvgIpc) is 2.92. The highest BCUT2D eigenvalue weighted by Gasteiger charge is 2.20. The number of benzene rings is 1. The lowest BCUT2D eigenvalue weighted by Crippen LogP contribution is -2.24. The van der Waals surface area contributed by atoms with Crippen LogP contribution in [-0.2, 0) is 13.1 Å². The van der Waals surface area contributed by atoms with Gasteiger partial charge in [-0.3, -0.25) is 9.36 Å². The highest BCUT2D eigenvalue weighted by Crippen LogP contribution is 2.25. The summed E-state index contributed by atoms with van der Waals surface area (Å²) in [5, 5.41) is 0.541. The van der Waals surface area contributed by atoms with Crippen LogP contribution in [0.4, 0.5) is 0 Å². The predicted molar refractivity (Wildman–Crippen MR) is 109 cm³/mol. The average molecular weight is 361 g/mol. The molecule has 0 saturated heterocycles. The zero-order valence-electron chi connectivity index (χ0n) is 15.9. The van der Waals surface area contributed by atoms with Crippen molar-refractivity contribution in [1.29, 1.82) is 0 Å². The molecule has 1 aromatic carbocycles. The lowest BCUT2D eigenvalue weighted by molar-refractivity contribution is 0.498. The maximum atomic E-state index is 13.3. The minimum absolute atomic E-state index is 0.0458. The molecule has 0 fully saturated rings. The molecule has 0 aliphatic heterocycles. The molecule has 0 saturated carbocycles. The first-order valence-electron chi connectivity index (χ1n) is 9.28. The maximum Gasteiger partial charge on any atom is 0.265 e. The Kier molecular flexibility index (Phi) is 4.26. The summed E-state index contributed by atoms with van der Waals surface area (Å²) in [5.41, 5.74) is 3.45. The monoisotopic (exact) mass is 361 g/mol. The summed E-state index contributed by atoms with van der Waals surface area (Å²) in [5.74, 6) is 1.23. The Morgan fingerprint density at radius 3 is 2.44 bits per heavy atom. The molecule has 4 aromatic rings. The third-order valence-electron chi connectivity index (χ3n) is 4.88. The molecule has 3 aromatic heterocycles. The Hall–Kier alpha value is -3.02. The van der Waals surface area contributed by atoms with Gasteiger partial charge in [0.1, 0.15) is 16.7 Å². The molecular formula is C21H23N5O. The van der Waals surface area contributed by atoms with Gasteiger partial charge in [-0.25, -0.2) is 15.0 Å². The molecule has 0 radical (unpaired) electrons. The fourth-order valence-electron chi connectivity index (χ4n) is 3.45. The molecule has 0 bridgehead atoms. The van der Waals surface area contributed by atoms with Gasteiger partial charge in [-0.1, -0.05) is 32.1 Å². The second-order valence-electron chi connectivity index (χ2n) is 7.28. The molecule has 0 amide bonds. The normalized spacial score (nSPS) is 11.9. The zero-order chi connectivity index (χ0) is 19.1. The molecule has 6 nitrogen and oxygen atoms in total. The number of para-hydroxylation sites is 2. The number of allylic oxidation sites excluding steroid dienone is 1. The molecule has 0 aliphatic rings. The number of hydrogen-bond donors (Lipinski definition) is 0. The SMILES string of the molecule is C=CCn1c2nc3ccccc3nc2c2c(=O)n(CCC(C)C)c(C)nc21. The van der Waals surface area contributed by atoms with Crippen LogP contribution in [0.15, 0.2) is 41.7 Å². The zero-order valence-corrected chi connectivity index (χ0v) is 15.9. The number of aryl methyl sites for hydroxylation is 1. The van der Waals surface area contributed by atoms with E-state index in [0.29, 0.717) is 47.0 Å². The van der Waals surface area contributed by atoms with E-state index >= 15 is 0 Å². The molecule has 27 heavy (non-hydrogen) atoms. The Balaban J connectivity index is 2.11. The van der Waals surface area contributed by atoms with Crippen molar-refractivity contribution in [3.8, 4) is 0 Å². The summed E-state index contributed by atoms with van der Waals surface area (Å²) >= 11 is 0. The highest BCUT2D eigenvalue weighted by atomic mass is 16.1. The number of hydrogen-bond acceptors (Lipinski definition) is 4. The van der Waals surface area contributed by atoms with Crippen LogP contribution < -0.4 is 5.56 Å². The van der Waals surface area contributed by atoms with Crippen molar-refractivity contribution in [3.05, 3.63) is 53.1 Å². The topological polar surface area (TPSA) is 65.6 Å². The molecule has 0 unspecified atom stereocenters. The Labute approximate surface area is 157 Å².